The Balaban J connectivity index is 2.18. The summed E-state index contributed by atoms with van der Waals surface area (Å²) in [5, 5.41) is 9.77. The summed E-state index contributed by atoms with van der Waals surface area (Å²) in [5.74, 6) is -0.0237. The first-order valence-electron chi connectivity index (χ1n) is 6.32. The predicted molar refractivity (Wildman–Crippen MR) is 77.6 cm³/mol. The third-order valence-electron chi connectivity index (χ3n) is 3.45. The van der Waals surface area contributed by atoms with Gasteiger partial charge in [-0.05, 0) is 30.7 Å². The zero-order valence-corrected chi connectivity index (χ0v) is 11.0. The lowest BCUT2D eigenvalue weighted by atomic mass is 9.98. The molecule has 3 aromatic rings. The number of hydrogen-bond acceptors (Lipinski definition) is 2. The molecule has 20 heavy (non-hydrogen) atoms. The Hall–Kier alpha value is -2.86. The second kappa shape index (κ2) is 4.67. The lowest BCUT2D eigenvalue weighted by Gasteiger charge is -2.03. The van der Waals surface area contributed by atoms with E-state index in [0.717, 1.165) is 16.5 Å². The van der Waals surface area contributed by atoms with E-state index in [9.17, 15) is 4.79 Å². The number of aromatic amines is 1. The molecule has 1 N–H and O–H groups in total. The molecule has 0 aliphatic carbocycles. The van der Waals surface area contributed by atoms with Crippen LogP contribution in [-0.4, -0.2) is 10.8 Å². The van der Waals surface area contributed by atoms with Crippen LogP contribution in [0.1, 0.15) is 27.0 Å². The van der Waals surface area contributed by atoms with E-state index in [1.54, 1.807) is 18.3 Å². The maximum Gasteiger partial charge on any atom is 0.195 e. The van der Waals surface area contributed by atoms with Crippen molar-refractivity contribution in [2.24, 2.45) is 0 Å². The summed E-state index contributed by atoms with van der Waals surface area (Å²) in [4.78, 5) is 15.7. The van der Waals surface area contributed by atoms with Gasteiger partial charge in [0, 0.05) is 28.2 Å². The van der Waals surface area contributed by atoms with Crippen molar-refractivity contribution in [2.45, 2.75) is 6.92 Å². The van der Waals surface area contributed by atoms with Gasteiger partial charge < -0.3 is 4.98 Å². The normalized spacial score (nSPS) is 10.4. The Morgan fingerprint density at radius 1 is 1.15 bits per heavy atom. The van der Waals surface area contributed by atoms with Crippen molar-refractivity contribution >= 4 is 16.7 Å². The number of aryl methyl sites for hydroxylation is 1. The molecule has 2 aromatic carbocycles. The summed E-state index contributed by atoms with van der Waals surface area (Å²) in [6, 6.07) is 14.9. The van der Waals surface area contributed by atoms with Crippen LogP contribution in [-0.2, 0) is 0 Å². The SMILES string of the molecule is Cc1ccccc1C(=O)c1c[nH]c2ccc(C#N)cc12. The van der Waals surface area contributed by atoms with Gasteiger partial charge in [0.15, 0.2) is 5.78 Å². The van der Waals surface area contributed by atoms with Gasteiger partial charge in [0.05, 0.1) is 11.6 Å². The third kappa shape index (κ3) is 1.88. The number of aromatic nitrogens is 1. The van der Waals surface area contributed by atoms with Gasteiger partial charge >= 0.3 is 0 Å². The van der Waals surface area contributed by atoms with Crippen LogP contribution in [0.4, 0.5) is 0 Å². The molecule has 1 aromatic heterocycles. The van der Waals surface area contributed by atoms with E-state index in [1.807, 2.05) is 37.3 Å². The molecular weight excluding hydrogens is 248 g/mol. The highest BCUT2D eigenvalue weighted by molar-refractivity contribution is 6.17. The van der Waals surface area contributed by atoms with E-state index in [-0.39, 0.29) is 5.78 Å². The molecule has 0 spiro atoms. The van der Waals surface area contributed by atoms with Crippen molar-refractivity contribution in [3.8, 4) is 6.07 Å². The number of carbonyl (C=O) groups excluding carboxylic acids is 1. The van der Waals surface area contributed by atoms with Gasteiger partial charge in [0.1, 0.15) is 0 Å². The van der Waals surface area contributed by atoms with E-state index in [4.69, 9.17) is 5.26 Å². The monoisotopic (exact) mass is 260 g/mol. The fourth-order valence-electron chi connectivity index (χ4n) is 2.35. The van der Waals surface area contributed by atoms with Crippen LogP contribution in [0, 0.1) is 18.3 Å². The van der Waals surface area contributed by atoms with E-state index >= 15 is 0 Å². The minimum Gasteiger partial charge on any atom is -0.360 e. The minimum absolute atomic E-state index is 0.0237. The zero-order chi connectivity index (χ0) is 14.1. The minimum atomic E-state index is -0.0237. The summed E-state index contributed by atoms with van der Waals surface area (Å²) in [6.45, 7) is 1.92. The lowest BCUT2D eigenvalue weighted by Crippen LogP contribution is -2.02. The zero-order valence-electron chi connectivity index (χ0n) is 11.0. The molecule has 0 radical (unpaired) electrons. The summed E-state index contributed by atoms with van der Waals surface area (Å²) in [7, 11) is 0. The molecule has 0 bridgehead atoms. The molecule has 0 saturated carbocycles. The number of carbonyl (C=O) groups is 1. The third-order valence-corrected chi connectivity index (χ3v) is 3.45. The first-order valence-corrected chi connectivity index (χ1v) is 6.32. The highest BCUT2D eigenvalue weighted by Gasteiger charge is 2.15. The molecule has 3 heteroatoms. The largest absolute Gasteiger partial charge is 0.360 e. The Morgan fingerprint density at radius 3 is 2.70 bits per heavy atom. The van der Waals surface area contributed by atoms with Gasteiger partial charge in [-0.1, -0.05) is 24.3 Å². The highest BCUT2D eigenvalue weighted by Crippen LogP contribution is 2.23. The average molecular weight is 260 g/mol. The highest BCUT2D eigenvalue weighted by atomic mass is 16.1. The topological polar surface area (TPSA) is 56.6 Å². The number of nitriles is 1. The van der Waals surface area contributed by atoms with Crippen molar-refractivity contribution in [1.29, 1.82) is 5.26 Å². The van der Waals surface area contributed by atoms with E-state index in [0.29, 0.717) is 16.7 Å². The Kier molecular flexibility index (Phi) is 2.85. The number of benzene rings is 2. The van der Waals surface area contributed by atoms with Gasteiger partial charge in [0.25, 0.3) is 0 Å². The molecule has 0 aliphatic heterocycles. The fraction of sp³-hybridized carbons (Fsp3) is 0.0588. The summed E-state index contributed by atoms with van der Waals surface area (Å²) >= 11 is 0. The number of ketones is 1. The molecule has 0 atom stereocenters. The summed E-state index contributed by atoms with van der Waals surface area (Å²) in [6.07, 6.45) is 1.71. The Morgan fingerprint density at radius 2 is 1.95 bits per heavy atom. The second-order valence-electron chi connectivity index (χ2n) is 4.72. The maximum absolute atomic E-state index is 12.6. The number of H-pyrrole nitrogens is 1. The molecule has 3 nitrogen and oxygen atoms in total. The molecule has 0 amide bonds. The van der Waals surface area contributed by atoms with Crippen LogP contribution in [0.5, 0.6) is 0 Å². The van der Waals surface area contributed by atoms with E-state index in [2.05, 4.69) is 11.1 Å². The van der Waals surface area contributed by atoms with Crippen LogP contribution >= 0.6 is 0 Å². The molecule has 0 unspecified atom stereocenters. The quantitative estimate of drug-likeness (QED) is 0.716. The van der Waals surface area contributed by atoms with Crippen LogP contribution in [0.2, 0.25) is 0 Å². The Labute approximate surface area is 116 Å². The number of hydrogen-bond donors (Lipinski definition) is 1. The predicted octanol–water partition coefficient (Wildman–Crippen LogP) is 3.58. The summed E-state index contributed by atoms with van der Waals surface area (Å²) < 4.78 is 0. The van der Waals surface area contributed by atoms with Crippen molar-refractivity contribution in [3.05, 3.63) is 70.9 Å². The maximum atomic E-state index is 12.6. The smallest absolute Gasteiger partial charge is 0.195 e. The molecule has 0 aliphatic rings. The Bertz CT molecular complexity index is 853. The molecule has 96 valence electrons. The van der Waals surface area contributed by atoms with Crippen LogP contribution in [0.25, 0.3) is 10.9 Å². The van der Waals surface area contributed by atoms with Crippen molar-refractivity contribution in [2.75, 3.05) is 0 Å². The first kappa shape index (κ1) is 12.2. The molecular formula is C17H12N2O. The van der Waals surface area contributed by atoms with Crippen LogP contribution < -0.4 is 0 Å². The number of fused-ring (bicyclic) bond motifs is 1. The van der Waals surface area contributed by atoms with Gasteiger partial charge in [-0.15, -0.1) is 0 Å². The van der Waals surface area contributed by atoms with Gasteiger partial charge in [-0.2, -0.15) is 5.26 Å². The molecule has 3 rings (SSSR count). The van der Waals surface area contributed by atoms with Crippen molar-refractivity contribution < 1.29 is 4.79 Å². The molecule has 1 heterocycles. The number of rotatable bonds is 2. The van der Waals surface area contributed by atoms with Crippen LogP contribution in [0.15, 0.2) is 48.7 Å². The van der Waals surface area contributed by atoms with Gasteiger partial charge in [-0.3, -0.25) is 4.79 Å². The standard InChI is InChI=1S/C17H12N2O/c1-11-4-2-3-5-13(11)17(20)15-10-19-16-7-6-12(9-18)8-14(15)16/h2-8,10,19H,1H3. The van der Waals surface area contributed by atoms with Crippen molar-refractivity contribution in [3.63, 3.8) is 0 Å². The lowest BCUT2D eigenvalue weighted by molar-refractivity contribution is 0.104. The average Bonchev–Trinajstić information content (AvgIpc) is 2.89. The van der Waals surface area contributed by atoms with E-state index < -0.39 is 0 Å². The van der Waals surface area contributed by atoms with Crippen molar-refractivity contribution in [1.82, 2.24) is 4.98 Å². The van der Waals surface area contributed by atoms with E-state index in [1.165, 1.54) is 0 Å². The second-order valence-corrected chi connectivity index (χ2v) is 4.72. The molecule has 0 saturated heterocycles. The fourth-order valence-corrected chi connectivity index (χ4v) is 2.35. The number of nitrogens with one attached hydrogen (secondary N) is 1. The first-order chi connectivity index (χ1) is 9.70. The summed E-state index contributed by atoms with van der Waals surface area (Å²) in [5.41, 5.74) is 3.65. The number of nitrogens with zero attached hydrogens (tertiary/aromatic N) is 1. The van der Waals surface area contributed by atoms with Gasteiger partial charge in [0.2, 0.25) is 0 Å². The van der Waals surface area contributed by atoms with Gasteiger partial charge in [-0.25, -0.2) is 0 Å². The van der Waals surface area contributed by atoms with Crippen LogP contribution in [0.3, 0.4) is 0 Å². The molecule has 0 fully saturated rings.